The van der Waals surface area contributed by atoms with Crippen LogP contribution in [-0.2, 0) is 28.5 Å². The van der Waals surface area contributed by atoms with Crippen molar-refractivity contribution in [3.63, 3.8) is 0 Å². The SMILES string of the molecule is CC(=O)OCC1OC(OCCCl)C=CC1OC(C)=O. The Labute approximate surface area is 116 Å². The molecule has 3 atom stereocenters. The predicted octanol–water partition coefficient (Wildman–Crippen LogP) is 1.02. The highest BCUT2D eigenvalue weighted by Gasteiger charge is 2.30. The first-order chi connectivity index (χ1) is 9.02. The summed E-state index contributed by atoms with van der Waals surface area (Å²) >= 11 is 5.51. The summed E-state index contributed by atoms with van der Waals surface area (Å²) in [6, 6.07) is 0. The molecule has 1 aliphatic rings. The molecule has 0 amide bonds. The van der Waals surface area contributed by atoms with Gasteiger partial charge in [-0.3, -0.25) is 9.59 Å². The van der Waals surface area contributed by atoms with Crippen molar-refractivity contribution in [2.75, 3.05) is 19.1 Å². The minimum absolute atomic E-state index is 0.0155. The number of halogens is 1. The van der Waals surface area contributed by atoms with Gasteiger partial charge in [0.15, 0.2) is 6.29 Å². The number of carbonyl (C=O) groups excluding carboxylic acids is 2. The van der Waals surface area contributed by atoms with E-state index in [1.54, 1.807) is 12.2 Å². The summed E-state index contributed by atoms with van der Waals surface area (Å²) in [5.41, 5.74) is 0. The second-order valence-electron chi connectivity index (χ2n) is 3.86. The lowest BCUT2D eigenvalue weighted by atomic mass is 10.1. The largest absolute Gasteiger partial charge is 0.463 e. The molecule has 0 spiro atoms. The minimum atomic E-state index is -0.604. The van der Waals surface area contributed by atoms with Crippen LogP contribution in [-0.4, -0.2) is 49.5 Å². The molecule has 0 aromatic carbocycles. The third kappa shape index (κ3) is 6.04. The van der Waals surface area contributed by atoms with Gasteiger partial charge in [-0.15, -0.1) is 11.6 Å². The monoisotopic (exact) mass is 292 g/mol. The highest BCUT2D eigenvalue weighted by molar-refractivity contribution is 6.17. The van der Waals surface area contributed by atoms with Gasteiger partial charge in [0.05, 0.1) is 6.61 Å². The van der Waals surface area contributed by atoms with E-state index in [1.165, 1.54) is 13.8 Å². The van der Waals surface area contributed by atoms with E-state index in [0.717, 1.165) is 0 Å². The van der Waals surface area contributed by atoms with Gasteiger partial charge in [-0.05, 0) is 12.2 Å². The van der Waals surface area contributed by atoms with E-state index in [4.69, 9.17) is 30.5 Å². The van der Waals surface area contributed by atoms with Gasteiger partial charge in [-0.2, -0.15) is 0 Å². The molecule has 108 valence electrons. The normalized spacial score (nSPS) is 25.9. The van der Waals surface area contributed by atoms with Crippen molar-refractivity contribution in [2.24, 2.45) is 0 Å². The van der Waals surface area contributed by atoms with Gasteiger partial charge in [0.1, 0.15) is 18.8 Å². The molecule has 1 aliphatic heterocycles. The zero-order valence-electron chi connectivity index (χ0n) is 10.8. The number of ether oxygens (including phenoxy) is 4. The standard InChI is InChI=1S/C12H17ClO6/c1-8(14)17-7-11-10(18-9(2)15)3-4-12(19-11)16-6-5-13/h3-4,10-12H,5-7H2,1-2H3. The van der Waals surface area contributed by atoms with Gasteiger partial charge in [0, 0.05) is 19.7 Å². The van der Waals surface area contributed by atoms with Crippen LogP contribution < -0.4 is 0 Å². The lowest BCUT2D eigenvalue weighted by Gasteiger charge is -2.31. The van der Waals surface area contributed by atoms with Crippen LogP contribution >= 0.6 is 11.6 Å². The Balaban J connectivity index is 2.60. The molecule has 0 bridgehead atoms. The first kappa shape index (κ1) is 15.9. The second-order valence-corrected chi connectivity index (χ2v) is 4.24. The van der Waals surface area contributed by atoms with E-state index in [1.807, 2.05) is 0 Å². The highest BCUT2D eigenvalue weighted by Crippen LogP contribution is 2.17. The maximum Gasteiger partial charge on any atom is 0.303 e. The molecule has 0 saturated heterocycles. The number of esters is 2. The number of hydrogen-bond acceptors (Lipinski definition) is 6. The van der Waals surface area contributed by atoms with E-state index in [9.17, 15) is 9.59 Å². The molecule has 0 aromatic heterocycles. The topological polar surface area (TPSA) is 71.1 Å². The Morgan fingerprint density at radius 2 is 2.00 bits per heavy atom. The highest BCUT2D eigenvalue weighted by atomic mass is 35.5. The molecule has 19 heavy (non-hydrogen) atoms. The third-order valence-electron chi connectivity index (χ3n) is 2.25. The number of alkyl halides is 1. The summed E-state index contributed by atoms with van der Waals surface area (Å²) in [7, 11) is 0. The van der Waals surface area contributed by atoms with Crippen LogP contribution in [0.15, 0.2) is 12.2 Å². The number of hydrogen-bond donors (Lipinski definition) is 0. The second kappa shape index (κ2) is 8.14. The van der Waals surface area contributed by atoms with E-state index in [0.29, 0.717) is 12.5 Å². The van der Waals surface area contributed by atoms with E-state index >= 15 is 0 Å². The molecule has 0 radical (unpaired) electrons. The summed E-state index contributed by atoms with van der Waals surface area (Å²) in [6.45, 7) is 2.90. The van der Waals surface area contributed by atoms with Gasteiger partial charge in [-0.1, -0.05) is 0 Å². The van der Waals surface area contributed by atoms with Crippen molar-refractivity contribution >= 4 is 23.5 Å². The molecule has 1 rings (SSSR count). The van der Waals surface area contributed by atoms with E-state index < -0.39 is 30.4 Å². The van der Waals surface area contributed by atoms with Crippen LogP contribution in [0.3, 0.4) is 0 Å². The fourth-order valence-corrected chi connectivity index (χ4v) is 1.60. The smallest absolute Gasteiger partial charge is 0.303 e. The Bertz CT molecular complexity index is 343. The fraction of sp³-hybridized carbons (Fsp3) is 0.667. The fourth-order valence-electron chi connectivity index (χ4n) is 1.52. The molecule has 0 saturated carbocycles. The number of rotatable bonds is 6. The molecule has 0 N–H and O–H groups in total. The van der Waals surface area contributed by atoms with Gasteiger partial charge in [0.2, 0.25) is 0 Å². The molecule has 1 heterocycles. The van der Waals surface area contributed by atoms with Crippen molar-refractivity contribution in [3.05, 3.63) is 12.2 Å². The summed E-state index contributed by atoms with van der Waals surface area (Å²) in [6.07, 6.45) is 1.49. The average molecular weight is 293 g/mol. The van der Waals surface area contributed by atoms with Crippen molar-refractivity contribution in [1.82, 2.24) is 0 Å². The van der Waals surface area contributed by atoms with Gasteiger partial charge < -0.3 is 18.9 Å². The Kier molecular flexibility index (Phi) is 6.83. The Morgan fingerprint density at radius 3 is 2.58 bits per heavy atom. The summed E-state index contributed by atoms with van der Waals surface area (Å²) in [5, 5.41) is 0. The zero-order valence-corrected chi connectivity index (χ0v) is 11.6. The third-order valence-corrected chi connectivity index (χ3v) is 2.40. The molecule has 3 unspecified atom stereocenters. The summed E-state index contributed by atoms with van der Waals surface area (Å²) in [4.78, 5) is 21.8. The predicted molar refractivity (Wildman–Crippen MR) is 66.7 cm³/mol. The van der Waals surface area contributed by atoms with E-state index in [-0.39, 0.29) is 6.61 Å². The van der Waals surface area contributed by atoms with Crippen molar-refractivity contribution in [1.29, 1.82) is 0 Å². The Hall–Kier alpha value is -1.11. The van der Waals surface area contributed by atoms with Gasteiger partial charge in [0.25, 0.3) is 0 Å². The molecule has 0 aromatic rings. The lowest BCUT2D eigenvalue weighted by Crippen LogP contribution is -2.42. The lowest BCUT2D eigenvalue weighted by molar-refractivity contribution is -0.195. The Morgan fingerprint density at radius 1 is 1.26 bits per heavy atom. The first-order valence-electron chi connectivity index (χ1n) is 5.85. The van der Waals surface area contributed by atoms with Crippen molar-refractivity contribution in [2.45, 2.75) is 32.3 Å². The summed E-state index contributed by atoms with van der Waals surface area (Å²) in [5.74, 6) is -0.528. The molecule has 0 aliphatic carbocycles. The van der Waals surface area contributed by atoms with Gasteiger partial charge >= 0.3 is 11.9 Å². The van der Waals surface area contributed by atoms with Crippen molar-refractivity contribution in [3.8, 4) is 0 Å². The molecule has 0 fully saturated rings. The zero-order chi connectivity index (χ0) is 14.3. The average Bonchev–Trinajstić information content (AvgIpc) is 2.35. The molecular formula is C12H17ClO6. The maximum absolute atomic E-state index is 11.0. The van der Waals surface area contributed by atoms with Crippen LogP contribution in [0.2, 0.25) is 0 Å². The number of carbonyl (C=O) groups is 2. The maximum atomic E-state index is 11.0. The van der Waals surface area contributed by atoms with E-state index in [2.05, 4.69) is 0 Å². The first-order valence-corrected chi connectivity index (χ1v) is 6.38. The molecule has 7 heteroatoms. The molecule has 6 nitrogen and oxygen atoms in total. The van der Waals surface area contributed by atoms with Gasteiger partial charge in [-0.25, -0.2) is 0 Å². The van der Waals surface area contributed by atoms with Crippen LogP contribution in [0.1, 0.15) is 13.8 Å². The minimum Gasteiger partial charge on any atom is -0.463 e. The van der Waals surface area contributed by atoms with Crippen LogP contribution in [0.25, 0.3) is 0 Å². The molecular weight excluding hydrogens is 276 g/mol. The summed E-state index contributed by atoms with van der Waals surface area (Å²) < 4.78 is 20.8. The quantitative estimate of drug-likeness (QED) is 0.413. The van der Waals surface area contributed by atoms with Crippen molar-refractivity contribution < 1.29 is 28.5 Å². The van der Waals surface area contributed by atoms with Crippen LogP contribution in [0.5, 0.6) is 0 Å². The van der Waals surface area contributed by atoms with Crippen LogP contribution in [0, 0.1) is 0 Å². The van der Waals surface area contributed by atoms with Crippen LogP contribution in [0.4, 0.5) is 0 Å².